The van der Waals surface area contributed by atoms with Crippen LogP contribution in [0.2, 0.25) is 0 Å². The highest BCUT2D eigenvalue weighted by Gasteiger charge is 1.98. The Kier molecular flexibility index (Phi) is 2.10. The Hall–Kier alpha value is -0.870. The molecule has 0 saturated heterocycles. The smallest absolute Gasteiger partial charge is 0.147 e. The molecule has 0 atom stereocenters. The summed E-state index contributed by atoms with van der Waals surface area (Å²) in [5.41, 5.74) is 2.82. The lowest BCUT2D eigenvalue weighted by atomic mass is 10.2. The van der Waals surface area contributed by atoms with E-state index in [-0.39, 0.29) is 0 Å². The molecule has 0 spiro atoms. The first-order chi connectivity index (χ1) is 5.86. The summed E-state index contributed by atoms with van der Waals surface area (Å²) in [6.45, 7) is 0. The summed E-state index contributed by atoms with van der Waals surface area (Å²) < 4.78 is 0. The van der Waals surface area contributed by atoms with Gasteiger partial charge in [-0.25, -0.2) is 0 Å². The van der Waals surface area contributed by atoms with Crippen LogP contribution < -0.4 is 0 Å². The molecule has 0 saturated carbocycles. The van der Waals surface area contributed by atoms with E-state index in [0.717, 1.165) is 15.5 Å². The van der Waals surface area contributed by atoms with E-state index in [4.69, 9.17) is 0 Å². The molecule has 0 N–H and O–H groups in total. The minimum atomic E-state index is 0.948. The van der Waals surface area contributed by atoms with Gasteiger partial charge in [0, 0.05) is 10.5 Å². The third-order valence-corrected chi connectivity index (χ3v) is 2.51. The van der Waals surface area contributed by atoms with Gasteiger partial charge < -0.3 is 0 Å². The molecule has 2 aromatic rings. The first-order valence-electron chi connectivity index (χ1n) is 3.42. The average molecular weight is 194 g/mol. The molecule has 1 heterocycles. The van der Waals surface area contributed by atoms with Gasteiger partial charge in [-0.2, -0.15) is 0 Å². The van der Waals surface area contributed by atoms with Gasteiger partial charge in [-0.05, 0) is 12.1 Å². The molecular weight excluding hydrogens is 188 g/mol. The molecule has 0 amide bonds. The highest BCUT2D eigenvalue weighted by molar-refractivity contribution is 7.80. The van der Waals surface area contributed by atoms with Crippen molar-refractivity contribution in [3.8, 4) is 10.6 Å². The van der Waals surface area contributed by atoms with E-state index in [2.05, 4.69) is 22.8 Å². The van der Waals surface area contributed by atoms with E-state index in [9.17, 15) is 0 Å². The van der Waals surface area contributed by atoms with Crippen LogP contribution in [-0.4, -0.2) is 10.2 Å². The van der Waals surface area contributed by atoms with Crippen molar-refractivity contribution in [2.45, 2.75) is 4.90 Å². The predicted octanol–water partition coefficient (Wildman–Crippen LogP) is 2.49. The largest absolute Gasteiger partial charge is 0.147 e. The molecule has 0 unspecified atom stereocenters. The van der Waals surface area contributed by atoms with Gasteiger partial charge in [-0.15, -0.1) is 22.8 Å². The molecule has 1 aromatic carbocycles. The zero-order chi connectivity index (χ0) is 8.39. The zero-order valence-corrected chi connectivity index (χ0v) is 7.85. The molecule has 2 nitrogen and oxygen atoms in total. The standard InChI is InChI=1S/C8H6N2S2/c11-7-3-1-6(2-4-7)8-10-9-5-12-8/h1-5,11H. The highest BCUT2D eigenvalue weighted by Crippen LogP contribution is 2.21. The third-order valence-electron chi connectivity index (χ3n) is 1.47. The lowest BCUT2D eigenvalue weighted by Crippen LogP contribution is -1.75. The normalized spacial score (nSPS) is 10.1. The van der Waals surface area contributed by atoms with E-state index in [1.807, 2.05) is 24.3 Å². The van der Waals surface area contributed by atoms with Gasteiger partial charge in [0.2, 0.25) is 0 Å². The van der Waals surface area contributed by atoms with Crippen LogP contribution in [0.25, 0.3) is 10.6 Å². The van der Waals surface area contributed by atoms with Gasteiger partial charge in [-0.1, -0.05) is 23.5 Å². The molecule has 1 aromatic heterocycles. The molecule has 0 fully saturated rings. The quantitative estimate of drug-likeness (QED) is 0.706. The van der Waals surface area contributed by atoms with E-state index in [1.165, 1.54) is 11.3 Å². The van der Waals surface area contributed by atoms with E-state index < -0.39 is 0 Å². The number of thiol groups is 1. The van der Waals surface area contributed by atoms with E-state index >= 15 is 0 Å². The van der Waals surface area contributed by atoms with Gasteiger partial charge in [0.25, 0.3) is 0 Å². The van der Waals surface area contributed by atoms with Crippen molar-refractivity contribution in [2.75, 3.05) is 0 Å². The van der Waals surface area contributed by atoms with E-state index in [1.54, 1.807) is 5.51 Å². The average Bonchev–Trinajstić information content (AvgIpc) is 2.58. The maximum Gasteiger partial charge on any atom is 0.147 e. The molecule has 12 heavy (non-hydrogen) atoms. The fourth-order valence-electron chi connectivity index (χ4n) is 0.903. The summed E-state index contributed by atoms with van der Waals surface area (Å²) in [5, 5.41) is 8.68. The lowest BCUT2D eigenvalue weighted by molar-refractivity contribution is 1.09. The minimum absolute atomic E-state index is 0.948. The SMILES string of the molecule is Sc1ccc(-c2nncs2)cc1. The second-order valence-electron chi connectivity index (χ2n) is 2.29. The summed E-state index contributed by atoms with van der Waals surface area (Å²) >= 11 is 5.73. The van der Waals surface area contributed by atoms with Crippen molar-refractivity contribution in [2.24, 2.45) is 0 Å². The Labute approximate surface area is 79.7 Å². The number of nitrogens with zero attached hydrogens (tertiary/aromatic N) is 2. The first kappa shape index (κ1) is 7.76. The van der Waals surface area contributed by atoms with Crippen molar-refractivity contribution >= 4 is 24.0 Å². The fraction of sp³-hybridized carbons (Fsp3) is 0. The summed E-state index contributed by atoms with van der Waals surface area (Å²) in [4.78, 5) is 0.961. The molecule has 4 heteroatoms. The monoisotopic (exact) mass is 194 g/mol. The van der Waals surface area contributed by atoms with E-state index in [0.29, 0.717) is 0 Å². The number of aromatic nitrogens is 2. The molecule has 60 valence electrons. The molecule has 0 aliphatic carbocycles. The van der Waals surface area contributed by atoms with Crippen LogP contribution in [0.15, 0.2) is 34.7 Å². The van der Waals surface area contributed by atoms with Crippen molar-refractivity contribution in [1.82, 2.24) is 10.2 Å². The Bertz CT molecular complexity index is 353. The highest BCUT2D eigenvalue weighted by atomic mass is 32.1. The fourth-order valence-corrected chi connectivity index (χ4v) is 1.61. The van der Waals surface area contributed by atoms with Gasteiger partial charge >= 0.3 is 0 Å². The lowest BCUT2D eigenvalue weighted by Gasteiger charge is -1.94. The molecular formula is C8H6N2S2. The summed E-state index contributed by atoms with van der Waals surface area (Å²) in [6, 6.07) is 7.87. The van der Waals surface area contributed by atoms with Crippen molar-refractivity contribution in [1.29, 1.82) is 0 Å². The van der Waals surface area contributed by atoms with Crippen molar-refractivity contribution < 1.29 is 0 Å². The topological polar surface area (TPSA) is 25.8 Å². The zero-order valence-electron chi connectivity index (χ0n) is 6.14. The molecule has 0 aliphatic heterocycles. The third kappa shape index (κ3) is 1.49. The molecule has 2 rings (SSSR count). The first-order valence-corrected chi connectivity index (χ1v) is 4.74. The second kappa shape index (κ2) is 3.25. The maximum absolute atomic E-state index is 4.20. The van der Waals surface area contributed by atoms with Gasteiger partial charge in [0.1, 0.15) is 10.5 Å². The van der Waals surface area contributed by atoms with Crippen molar-refractivity contribution in [3.05, 3.63) is 29.8 Å². The molecule has 0 radical (unpaired) electrons. The molecule has 0 aliphatic rings. The Balaban J connectivity index is 2.43. The van der Waals surface area contributed by atoms with Crippen LogP contribution in [0, 0.1) is 0 Å². The second-order valence-corrected chi connectivity index (χ2v) is 3.64. The van der Waals surface area contributed by atoms with Crippen LogP contribution in [0.1, 0.15) is 0 Å². The minimum Gasteiger partial charge on any atom is -0.147 e. The number of hydrogen-bond acceptors (Lipinski definition) is 4. The van der Waals surface area contributed by atoms with Crippen LogP contribution >= 0.6 is 24.0 Å². The molecule has 0 bridgehead atoms. The summed E-state index contributed by atoms with van der Waals surface area (Å²) in [7, 11) is 0. The Morgan fingerprint density at radius 1 is 1.17 bits per heavy atom. The number of hydrogen-bond donors (Lipinski definition) is 1. The maximum atomic E-state index is 4.20. The predicted molar refractivity (Wildman–Crippen MR) is 52.6 cm³/mol. The summed E-state index contributed by atoms with van der Waals surface area (Å²) in [6.07, 6.45) is 0. The summed E-state index contributed by atoms with van der Waals surface area (Å²) in [5.74, 6) is 0. The Morgan fingerprint density at radius 3 is 2.50 bits per heavy atom. The van der Waals surface area contributed by atoms with Gasteiger partial charge in [-0.3, -0.25) is 0 Å². The number of rotatable bonds is 1. The number of benzene rings is 1. The van der Waals surface area contributed by atoms with Crippen LogP contribution in [0.4, 0.5) is 0 Å². The van der Waals surface area contributed by atoms with Crippen molar-refractivity contribution in [3.63, 3.8) is 0 Å². The Morgan fingerprint density at radius 2 is 1.92 bits per heavy atom. The van der Waals surface area contributed by atoms with Crippen LogP contribution in [-0.2, 0) is 0 Å². The van der Waals surface area contributed by atoms with Gasteiger partial charge in [0.15, 0.2) is 0 Å². The van der Waals surface area contributed by atoms with Gasteiger partial charge in [0.05, 0.1) is 0 Å². The van der Waals surface area contributed by atoms with Crippen LogP contribution in [0.3, 0.4) is 0 Å². The van der Waals surface area contributed by atoms with Crippen LogP contribution in [0.5, 0.6) is 0 Å².